The van der Waals surface area contributed by atoms with Gasteiger partial charge in [-0.2, -0.15) is 0 Å². The third-order valence-electron chi connectivity index (χ3n) is 2.69. The topological polar surface area (TPSA) is 61.4 Å². The van der Waals surface area contributed by atoms with Crippen molar-refractivity contribution in [3.63, 3.8) is 0 Å². The molecule has 0 radical (unpaired) electrons. The fourth-order valence-corrected chi connectivity index (χ4v) is 2.07. The molecule has 3 N–H and O–H groups in total. The van der Waals surface area contributed by atoms with Crippen LogP contribution in [0.25, 0.3) is 0 Å². The van der Waals surface area contributed by atoms with Crippen LogP contribution in [0.15, 0.2) is 16.6 Å². The van der Waals surface area contributed by atoms with E-state index in [-0.39, 0.29) is 16.6 Å². The number of hydrogen-bond donors (Lipinski definition) is 3. The summed E-state index contributed by atoms with van der Waals surface area (Å²) >= 11 is 2.85. The quantitative estimate of drug-likeness (QED) is 0.722. The zero-order valence-corrected chi connectivity index (χ0v) is 10.8. The minimum atomic E-state index is -0.727. The Bertz CT molecular complexity index is 484. The highest BCUT2D eigenvalue weighted by molar-refractivity contribution is 9.10. The average molecular weight is 321 g/mol. The first-order valence-corrected chi connectivity index (χ1v) is 6.13. The largest absolute Gasteiger partial charge is 0.392 e. The van der Waals surface area contributed by atoms with Gasteiger partial charge in [0, 0.05) is 12.6 Å². The fraction of sp³-hybridized carbons (Fsp3) is 0.364. The van der Waals surface area contributed by atoms with Gasteiger partial charge in [-0.15, -0.1) is 0 Å². The number of anilines is 1. The van der Waals surface area contributed by atoms with Gasteiger partial charge in [0.1, 0.15) is 11.6 Å². The molecule has 2 unspecified atom stereocenters. The van der Waals surface area contributed by atoms with Gasteiger partial charge in [-0.05, 0) is 28.4 Å². The van der Waals surface area contributed by atoms with Gasteiger partial charge in [0.25, 0.3) is 0 Å². The summed E-state index contributed by atoms with van der Waals surface area (Å²) in [4.78, 5) is 11.7. The second-order valence-corrected chi connectivity index (χ2v) is 4.94. The summed E-state index contributed by atoms with van der Waals surface area (Å²) in [6, 6.07) is 1.26. The van der Waals surface area contributed by atoms with E-state index in [0.29, 0.717) is 6.54 Å². The molecule has 4 nitrogen and oxygen atoms in total. The van der Waals surface area contributed by atoms with Gasteiger partial charge in [-0.25, -0.2) is 8.78 Å². The van der Waals surface area contributed by atoms with E-state index in [4.69, 9.17) is 0 Å². The molecule has 98 valence electrons. The molecule has 0 spiro atoms. The first-order chi connectivity index (χ1) is 8.47. The van der Waals surface area contributed by atoms with Gasteiger partial charge in [-0.3, -0.25) is 4.79 Å². The summed E-state index contributed by atoms with van der Waals surface area (Å²) in [7, 11) is 0. The van der Waals surface area contributed by atoms with Crippen molar-refractivity contribution in [2.24, 2.45) is 0 Å². The minimum Gasteiger partial charge on any atom is -0.392 e. The van der Waals surface area contributed by atoms with E-state index in [0.717, 1.165) is 12.1 Å². The predicted molar refractivity (Wildman–Crippen MR) is 65.1 cm³/mol. The molecule has 0 saturated carbocycles. The lowest BCUT2D eigenvalue weighted by Gasteiger charge is -2.12. The minimum absolute atomic E-state index is 0.00703. The van der Waals surface area contributed by atoms with Crippen LogP contribution in [-0.2, 0) is 4.79 Å². The Morgan fingerprint density at radius 3 is 2.78 bits per heavy atom. The molecular formula is C11H11BrF2N2O2. The Hall–Kier alpha value is -1.05. The lowest BCUT2D eigenvalue weighted by Crippen LogP contribution is -2.35. The van der Waals surface area contributed by atoms with Crippen LogP contribution in [0, 0.1) is 11.6 Å². The van der Waals surface area contributed by atoms with Crippen molar-refractivity contribution in [3.05, 3.63) is 28.2 Å². The van der Waals surface area contributed by atoms with Crippen molar-refractivity contribution in [2.45, 2.75) is 18.6 Å². The van der Waals surface area contributed by atoms with Crippen LogP contribution >= 0.6 is 15.9 Å². The van der Waals surface area contributed by atoms with E-state index in [1.165, 1.54) is 0 Å². The molecule has 1 aromatic rings. The monoisotopic (exact) mass is 320 g/mol. The molecule has 1 saturated heterocycles. The summed E-state index contributed by atoms with van der Waals surface area (Å²) in [6.45, 7) is 0.315. The van der Waals surface area contributed by atoms with Crippen LogP contribution in [0.5, 0.6) is 0 Å². The average Bonchev–Trinajstić information content (AvgIpc) is 2.73. The molecule has 1 fully saturated rings. The maximum atomic E-state index is 13.5. The van der Waals surface area contributed by atoms with E-state index in [2.05, 4.69) is 26.6 Å². The molecule has 1 aromatic carbocycles. The lowest BCUT2D eigenvalue weighted by atomic mass is 10.2. The summed E-state index contributed by atoms with van der Waals surface area (Å²) in [5, 5.41) is 14.3. The summed E-state index contributed by atoms with van der Waals surface area (Å²) < 4.78 is 26.7. The summed E-state index contributed by atoms with van der Waals surface area (Å²) in [5.41, 5.74) is -0.219. The van der Waals surface area contributed by atoms with Crippen molar-refractivity contribution in [1.29, 1.82) is 0 Å². The molecule has 7 heteroatoms. The maximum Gasteiger partial charge on any atom is 0.241 e. The van der Waals surface area contributed by atoms with E-state index in [1.54, 1.807) is 0 Å². The molecular weight excluding hydrogens is 310 g/mol. The zero-order chi connectivity index (χ0) is 13.3. The van der Waals surface area contributed by atoms with Crippen LogP contribution in [0.2, 0.25) is 0 Å². The fourth-order valence-electron chi connectivity index (χ4n) is 1.75. The number of halogens is 3. The SMILES string of the molecule is O=C(Nc1cc(F)c(Br)cc1F)C1CC(O)CN1. The molecule has 1 aliphatic heterocycles. The Balaban J connectivity index is 2.09. The van der Waals surface area contributed by atoms with Crippen molar-refractivity contribution in [1.82, 2.24) is 5.32 Å². The summed E-state index contributed by atoms with van der Waals surface area (Å²) in [6.07, 6.45) is -0.334. The van der Waals surface area contributed by atoms with Crippen LogP contribution in [0.3, 0.4) is 0 Å². The number of benzene rings is 1. The highest BCUT2D eigenvalue weighted by Crippen LogP contribution is 2.23. The predicted octanol–water partition coefficient (Wildman–Crippen LogP) is 1.39. The van der Waals surface area contributed by atoms with Crippen LogP contribution < -0.4 is 10.6 Å². The van der Waals surface area contributed by atoms with Crippen LogP contribution in [0.4, 0.5) is 14.5 Å². The van der Waals surface area contributed by atoms with Crippen molar-refractivity contribution in [2.75, 3.05) is 11.9 Å². The number of hydrogen-bond acceptors (Lipinski definition) is 3. The van der Waals surface area contributed by atoms with E-state index >= 15 is 0 Å². The number of aliphatic hydroxyl groups is 1. The molecule has 0 aliphatic carbocycles. The molecule has 2 atom stereocenters. The van der Waals surface area contributed by atoms with Gasteiger partial charge < -0.3 is 15.7 Å². The number of aliphatic hydroxyl groups excluding tert-OH is 1. The third-order valence-corrected chi connectivity index (χ3v) is 3.30. The normalized spacial score (nSPS) is 23.1. The Morgan fingerprint density at radius 1 is 1.44 bits per heavy atom. The summed E-state index contributed by atoms with van der Waals surface area (Å²) in [5.74, 6) is -1.88. The second-order valence-electron chi connectivity index (χ2n) is 4.09. The molecule has 0 aromatic heterocycles. The van der Waals surface area contributed by atoms with Crippen LogP contribution in [0.1, 0.15) is 6.42 Å². The van der Waals surface area contributed by atoms with E-state index in [9.17, 15) is 18.7 Å². The number of carbonyl (C=O) groups is 1. The highest BCUT2D eigenvalue weighted by Gasteiger charge is 2.28. The smallest absolute Gasteiger partial charge is 0.241 e. The van der Waals surface area contributed by atoms with Gasteiger partial charge in [0.15, 0.2) is 0 Å². The van der Waals surface area contributed by atoms with Crippen molar-refractivity contribution < 1.29 is 18.7 Å². The van der Waals surface area contributed by atoms with Gasteiger partial charge in [0.05, 0.1) is 22.3 Å². The number of rotatable bonds is 2. The number of amides is 1. The van der Waals surface area contributed by atoms with E-state index in [1.807, 2.05) is 0 Å². The van der Waals surface area contributed by atoms with E-state index < -0.39 is 29.7 Å². The highest BCUT2D eigenvalue weighted by atomic mass is 79.9. The Morgan fingerprint density at radius 2 is 2.17 bits per heavy atom. The maximum absolute atomic E-state index is 13.5. The molecule has 18 heavy (non-hydrogen) atoms. The zero-order valence-electron chi connectivity index (χ0n) is 9.21. The number of β-amino-alcohol motifs (C(OH)–C–C–N with tert-alkyl or cyclic N) is 1. The Labute approximate surface area is 111 Å². The standard InChI is InChI=1S/C11H11BrF2N2O2/c12-6-2-8(14)9(3-7(6)13)16-11(18)10-1-5(17)4-15-10/h2-3,5,10,15,17H,1,4H2,(H,16,18). The number of nitrogens with one attached hydrogen (secondary N) is 2. The van der Waals surface area contributed by atoms with Gasteiger partial charge in [-0.1, -0.05) is 0 Å². The Kier molecular flexibility index (Phi) is 3.94. The third kappa shape index (κ3) is 2.85. The van der Waals surface area contributed by atoms with Crippen molar-refractivity contribution in [3.8, 4) is 0 Å². The van der Waals surface area contributed by atoms with Gasteiger partial charge in [0.2, 0.25) is 5.91 Å². The first-order valence-electron chi connectivity index (χ1n) is 5.34. The molecule has 2 rings (SSSR count). The first kappa shape index (κ1) is 13.4. The molecule has 1 amide bonds. The second kappa shape index (κ2) is 5.29. The van der Waals surface area contributed by atoms with Crippen molar-refractivity contribution >= 4 is 27.5 Å². The van der Waals surface area contributed by atoms with Crippen LogP contribution in [-0.4, -0.2) is 29.7 Å². The molecule has 0 bridgehead atoms. The molecule has 1 aliphatic rings. The van der Waals surface area contributed by atoms with Gasteiger partial charge >= 0.3 is 0 Å². The molecule has 1 heterocycles. The lowest BCUT2D eigenvalue weighted by molar-refractivity contribution is -0.118. The number of carbonyl (C=O) groups excluding carboxylic acids is 1.